The van der Waals surface area contributed by atoms with Gasteiger partial charge in [0.25, 0.3) is 0 Å². The lowest BCUT2D eigenvalue weighted by molar-refractivity contribution is 0.187. The Morgan fingerprint density at radius 1 is 1.25 bits per heavy atom. The molecule has 0 aliphatic rings. The van der Waals surface area contributed by atoms with Gasteiger partial charge in [0, 0.05) is 18.1 Å². The van der Waals surface area contributed by atoms with E-state index in [0.717, 1.165) is 0 Å². The molecule has 108 valence electrons. The minimum absolute atomic E-state index is 0.152. The third-order valence-electron chi connectivity index (χ3n) is 2.70. The Hall–Kier alpha value is -0.860. The van der Waals surface area contributed by atoms with Crippen molar-refractivity contribution in [1.29, 1.82) is 0 Å². The molecule has 2 aromatic rings. The number of hydrogen-bond acceptors (Lipinski definition) is 3. The van der Waals surface area contributed by atoms with Crippen molar-refractivity contribution in [3.8, 4) is 11.4 Å². The zero-order valence-corrected chi connectivity index (χ0v) is 13.7. The molecule has 0 aliphatic heterocycles. The molecule has 2 rings (SSSR count). The van der Waals surface area contributed by atoms with Gasteiger partial charge in [0.1, 0.15) is 17.5 Å². The summed E-state index contributed by atoms with van der Waals surface area (Å²) in [6.07, 6.45) is 0. The minimum atomic E-state index is -0.691. The zero-order valence-electron chi connectivity index (χ0n) is 10.5. The SMILES string of the molecule is COCCn1c(CBr)nnc1-c1c(F)cc(Br)cc1F. The molecule has 0 spiro atoms. The lowest BCUT2D eigenvalue weighted by Crippen LogP contribution is -2.10. The molecule has 0 radical (unpaired) electrons. The second-order valence-electron chi connectivity index (χ2n) is 3.96. The van der Waals surface area contributed by atoms with Gasteiger partial charge in [-0.05, 0) is 12.1 Å². The highest BCUT2D eigenvalue weighted by molar-refractivity contribution is 9.10. The van der Waals surface area contributed by atoms with Gasteiger partial charge in [-0.15, -0.1) is 10.2 Å². The molecule has 0 bridgehead atoms. The number of aromatic nitrogens is 3. The molecule has 20 heavy (non-hydrogen) atoms. The monoisotopic (exact) mass is 409 g/mol. The predicted molar refractivity (Wildman–Crippen MR) is 77.6 cm³/mol. The lowest BCUT2D eigenvalue weighted by Gasteiger charge is -2.10. The summed E-state index contributed by atoms with van der Waals surface area (Å²) in [6, 6.07) is 2.39. The number of ether oxygens (including phenoxy) is 1. The highest BCUT2D eigenvalue weighted by Crippen LogP contribution is 2.28. The summed E-state index contributed by atoms with van der Waals surface area (Å²) >= 11 is 6.32. The van der Waals surface area contributed by atoms with Gasteiger partial charge in [-0.3, -0.25) is 0 Å². The van der Waals surface area contributed by atoms with E-state index in [1.54, 1.807) is 11.7 Å². The first-order valence-corrected chi connectivity index (χ1v) is 7.61. The summed E-state index contributed by atoms with van der Waals surface area (Å²) in [5.74, 6) is -0.647. The smallest absolute Gasteiger partial charge is 0.170 e. The fourth-order valence-corrected chi connectivity index (χ4v) is 2.61. The number of benzene rings is 1. The molecular weight excluding hydrogens is 400 g/mol. The summed E-state index contributed by atoms with van der Waals surface area (Å²) in [5.41, 5.74) is -0.191. The molecule has 1 aromatic heterocycles. The van der Waals surface area contributed by atoms with Gasteiger partial charge in [-0.2, -0.15) is 0 Å². The van der Waals surface area contributed by atoms with E-state index < -0.39 is 11.6 Å². The lowest BCUT2D eigenvalue weighted by atomic mass is 10.2. The molecule has 0 fully saturated rings. The van der Waals surface area contributed by atoms with Gasteiger partial charge in [0.2, 0.25) is 0 Å². The van der Waals surface area contributed by atoms with E-state index in [1.807, 2.05) is 0 Å². The van der Waals surface area contributed by atoms with Gasteiger partial charge in [0.05, 0.1) is 17.5 Å². The first-order chi connectivity index (χ1) is 9.58. The van der Waals surface area contributed by atoms with Crippen LogP contribution in [0.3, 0.4) is 0 Å². The Bertz CT molecular complexity index is 596. The van der Waals surface area contributed by atoms with Crippen LogP contribution in [0.1, 0.15) is 5.82 Å². The maximum atomic E-state index is 14.0. The molecule has 0 unspecified atom stereocenters. The number of alkyl halides is 1. The van der Waals surface area contributed by atoms with Crippen LogP contribution in [-0.2, 0) is 16.6 Å². The number of hydrogen-bond donors (Lipinski definition) is 0. The van der Waals surface area contributed by atoms with Crippen LogP contribution in [0.4, 0.5) is 8.78 Å². The maximum Gasteiger partial charge on any atom is 0.170 e. The molecule has 1 aromatic carbocycles. The van der Waals surface area contributed by atoms with Crippen LogP contribution >= 0.6 is 31.9 Å². The second kappa shape index (κ2) is 6.73. The summed E-state index contributed by atoms with van der Waals surface area (Å²) in [7, 11) is 1.55. The van der Waals surface area contributed by atoms with Crippen LogP contribution in [-0.4, -0.2) is 28.5 Å². The average Bonchev–Trinajstić information content (AvgIpc) is 2.78. The van der Waals surface area contributed by atoms with E-state index in [-0.39, 0.29) is 11.4 Å². The molecule has 4 nitrogen and oxygen atoms in total. The Labute approximate surface area is 131 Å². The van der Waals surface area contributed by atoms with Crippen LogP contribution in [0, 0.1) is 11.6 Å². The molecule has 0 amide bonds. The molecule has 0 atom stereocenters. The van der Waals surface area contributed by atoms with Crippen molar-refractivity contribution < 1.29 is 13.5 Å². The van der Waals surface area contributed by atoms with Crippen molar-refractivity contribution in [3.63, 3.8) is 0 Å². The maximum absolute atomic E-state index is 14.0. The molecule has 0 aliphatic carbocycles. The Balaban J connectivity index is 2.55. The van der Waals surface area contributed by atoms with Crippen molar-refractivity contribution in [1.82, 2.24) is 14.8 Å². The van der Waals surface area contributed by atoms with E-state index in [0.29, 0.717) is 28.8 Å². The number of halogens is 4. The van der Waals surface area contributed by atoms with E-state index in [4.69, 9.17) is 4.74 Å². The van der Waals surface area contributed by atoms with Crippen molar-refractivity contribution in [2.24, 2.45) is 0 Å². The first-order valence-electron chi connectivity index (χ1n) is 5.70. The van der Waals surface area contributed by atoms with E-state index in [9.17, 15) is 8.78 Å². The average molecular weight is 411 g/mol. The van der Waals surface area contributed by atoms with E-state index >= 15 is 0 Å². The molecule has 0 N–H and O–H groups in total. The Morgan fingerprint density at radius 2 is 1.90 bits per heavy atom. The highest BCUT2D eigenvalue weighted by Gasteiger charge is 2.20. The number of nitrogens with zero attached hydrogens (tertiary/aromatic N) is 3. The van der Waals surface area contributed by atoms with Crippen molar-refractivity contribution in [2.75, 3.05) is 13.7 Å². The van der Waals surface area contributed by atoms with E-state index in [2.05, 4.69) is 42.1 Å². The van der Waals surface area contributed by atoms with Crippen LogP contribution < -0.4 is 0 Å². The van der Waals surface area contributed by atoms with Crippen molar-refractivity contribution >= 4 is 31.9 Å². The van der Waals surface area contributed by atoms with Crippen LogP contribution in [0.25, 0.3) is 11.4 Å². The largest absolute Gasteiger partial charge is 0.383 e. The molecule has 1 heterocycles. The standard InChI is InChI=1S/C12H11Br2F2N3O/c1-20-3-2-19-10(6-13)17-18-12(19)11-8(15)4-7(14)5-9(11)16/h4-5H,2-3,6H2,1H3. The molecule has 0 saturated carbocycles. The van der Waals surface area contributed by atoms with Gasteiger partial charge in [-0.1, -0.05) is 31.9 Å². The summed E-state index contributed by atoms with van der Waals surface area (Å²) in [6.45, 7) is 0.805. The molecule has 0 saturated heterocycles. The second-order valence-corrected chi connectivity index (χ2v) is 5.44. The van der Waals surface area contributed by atoms with Crippen LogP contribution in [0.15, 0.2) is 16.6 Å². The van der Waals surface area contributed by atoms with Gasteiger partial charge < -0.3 is 9.30 Å². The summed E-state index contributed by atoms with van der Waals surface area (Å²) < 4.78 is 35.0. The third-order valence-corrected chi connectivity index (χ3v) is 3.66. The minimum Gasteiger partial charge on any atom is -0.383 e. The fraction of sp³-hybridized carbons (Fsp3) is 0.333. The molecular formula is C12H11Br2F2N3O. The zero-order chi connectivity index (χ0) is 14.7. The number of rotatable bonds is 5. The predicted octanol–water partition coefficient (Wildman–Crippen LogP) is 3.53. The highest BCUT2D eigenvalue weighted by atomic mass is 79.9. The quantitative estimate of drug-likeness (QED) is 0.708. The fourth-order valence-electron chi connectivity index (χ4n) is 1.79. The summed E-state index contributed by atoms with van der Waals surface area (Å²) in [4.78, 5) is 0. The van der Waals surface area contributed by atoms with Gasteiger partial charge in [0.15, 0.2) is 5.82 Å². The third kappa shape index (κ3) is 3.07. The Kier molecular flexibility index (Phi) is 5.22. The van der Waals surface area contributed by atoms with Crippen molar-refractivity contribution in [2.45, 2.75) is 11.9 Å². The molecule has 8 heteroatoms. The Morgan fingerprint density at radius 3 is 2.45 bits per heavy atom. The van der Waals surface area contributed by atoms with E-state index in [1.165, 1.54) is 12.1 Å². The first kappa shape index (κ1) is 15.5. The van der Waals surface area contributed by atoms with Crippen LogP contribution in [0.5, 0.6) is 0 Å². The van der Waals surface area contributed by atoms with Gasteiger partial charge in [-0.25, -0.2) is 8.78 Å². The normalized spacial score (nSPS) is 11.1. The van der Waals surface area contributed by atoms with Crippen molar-refractivity contribution in [3.05, 3.63) is 34.1 Å². The van der Waals surface area contributed by atoms with Crippen LogP contribution in [0.2, 0.25) is 0 Å². The topological polar surface area (TPSA) is 39.9 Å². The summed E-state index contributed by atoms with van der Waals surface area (Å²) in [5, 5.41) is 8.26. The number of methoxy groups -OCH3 is 1. The van der Waals surface area contributed by atoms with Gasteiger partial charge >= 0.3 is 0 Å².